The van der Waals surface area contributed by atoms with Crippen LogP contribution in [-0.4, -0.2) is 115 Å². The van der Waals surface area contributed by atoms with Gasteiger partial charge in [-0.15, -0.1) is 0 Å². The number of ether oxygens (including phenoxy) is 4. The number of thioether (sulfide) groups is 1. The zero-order chi connectivity index (χ0) is 43.4. The van der Waals surface area contributed by atoms with Crippen molar-refractivity contribution in [1.82, 2.24) is 20.4 Å². The van der Waals surface area contributed by atoms with Gasteiger partial charge < -0.3 is 39.4 Å². The second kappa shape index (κ2) is 20.9. The number of hydrogen-bond acceptors (Lipinski definition) is 11. The molecular weight excluding hydrogens is 837 g/mol. The number of nitrogens with zero attached hydrogens (tertiary/aromatic N) is 2. The molecular formula is C49H74N4O6S3. The van der Waals surface area contributed by atoms with Crippen molar-refractivity contribution < 1.29 is 28.5 Å². The number of hydrogen-bond donors (Lipinski definition) is 2. The molecule has 0 bridgehead atoms. The van der Waals surface area contributed by atoms with E-state index in [1.54, 1.807) is 14.2 Å². The van der Waals surface area contributed by atoms with Crippen molar-refractivity contribution in [3.63, 3.8) is 0 Å². The van der Waals surface area contributed by atoms with Gasteiger partial charge in [-0.25, -0.2) is 0 Å². The van der Waals surface area contributed by atoms with E-state index in [2.05, 4.69) is 59.3 Å². The van der Waals surface area contributed by atoms with Crippen molar-refractivity contribution in [3.05, 3.63) is 58.6 Å². The molecule has 2 amide bonds. The number of nitrogens with one attached hydrogen (secondary N) is 2. The van der Waals surface area contributed by atoms with E-state index in [1.807, 2.05) is 33.3 Å². The summed E-state index contributed by atoms with van der Waals surface area (Å²) in [6, 6.07) is 0.828. The lowest BCUT2D eigenvalue weighted by Gasteiger charge is -2.35. The lowest BCUT2D eigenvalue weighted by molar-refractivity contribution is -0.138. The van der Waals surface area contributed by atoms with Crippen molar-refractivity contribution in [2.45, 2.75) is 139 Å². The van der Waals surface area contributed by atoms with Crippen LogP contribution in [0.5, 0.6) is 0 Å². The van der Waals surface area contributed by atoms with Crippen LogP contribution in [0.1, 0.15) is 110 Å². The highest BCUT2D eigenvalue weighted by Crippen LogP contribution is 2.45. The fourth-order valence-corrected chi connectivity index (χ4v) is 15.8. The molecule has 7 unspecified atom stereocenters. The number of carbonyl (C=O) groups is 2. The van der Waals surface area contributed by atoms with Crippen LogP contribution < -0.4 is 10.6 Å². The molecule has 10 nitrogen and oxygen atoms in total. The molecule has 4 saturated heterocycles. The third-order valence-electron chi connectivity index (χ3n) is 15.0. The van der Waals surface area contributed by atoms with Crippen LogP contribution in [0.3, 0.4) is 0 Å². The standard InChI is InChI=1S/C49H74N4O6S3/c1-31-12-8-7-11-15-52-36(16-31)25-50-40-23-45(43(56-4)21-38(40)47(52)54)58-27-32-17-33(19-34(18-32)29-61-30-49(2,3)62-60-6)28-59-46-24-41-39(22-44(46)57-5)48(55)53-37(26-51-41)20-35-13-9-10-14-42(35)53/h19,24,32,34-40,42,50-51H,1,7-18,20-23,25-30H2,2-6H3/t32?,34?,35?,36-,37-,38?,39?,40?,42?/m0/s1. The van der Waals surface area contributed by atoms with E-state index in [-0.39, 0.29) is 46.5 Å². The molecule has 0 spiro atoms. The summed E-state index contributed by atoms with van der Waals surface area (Å²) in [6.07, 6.45) is 21.7. The van der Waals surface area contributed by atoms with Crippen molar-refractivity contribution in [3.8, 4) is 0 Å². The topological polar surface area (TPSA) is 102 Å². The van der Waals surface area contributed by atoms with E-state index < -0.39 is 0 Å². The molecule has 4 aliphatic carbocycles. The summed E-state index contributed by atoms with van der Waals surface area (Å²) in [7, 11) is 7.23. The average molecular weight is 911 g/mol. The summed E-state index contributed by atoms with van der Waals surface area (Å²) in [5.74, 6) is 6.80. The maximum Gasteiger partial charge on any atom is 0.232 e. The van der Waals surface area contributed by atoms with Crippen LogP contribution in [0, 0.1) is 29.6 Å². The average Bonchev–Trinajstić information content (AvgIpc) is 3.56. The quantitative estimate of drug-likeness (QED) is 0.129. The molecule has 0 aromatic rings. The second-order valence-corrected chi connectivity index (χ2v) is 24.2. The van der Waals surface area contributed by atoms with Crippen molar-refractivity contribution >= 4 is 45.2 Å². The number of carbonyl (C=O) groups excluding carboxylic acids is 2. The number of amides is 2. The first kappa shape index (κ1) is 46.2. The summed E-state index contributed by atoms with van der Waals surface area (Å²) in [5, 5.41) is 7.54. The Morgan fingerprint density at radius 1 is 0.887 bits per heavy atom. The van der Waals surface area contributed by atoms with Crippen molar-refractivity contribution in [1.29, 1.82) is 0 Å². The minimum Gasteiger partial charge on any atom is -0.498 e. The molecule has 4 heterocycles. The third kappa shape index (κ3) is 10.7. The monoisotopic (exact) mass is 910 g/mol. The predicted molar refractivity (Wildman–Crippen MR) is 254 cm³/mol. The Hall–Kier alpha value is -2.35. The number of allylic oxidation sites excluding steroid dienone is 4. The van der Waals surface area contributed by atoms with Crippen LogP contribution in [-0.2, 0) is 28.5 Å². The normalized spacial score (nSPS) is 33.2. The zero-order valence-corrected chi connectivity index (χ0v) is 40.6. The number of fused-ring (bicyclic) bond motifs is 6. The molecule has 2 N–H and O–H groups in total. The molecule has 344 valence electrons. The van der Waals surface area contributed by atoms with Gasteiger partial charge in [-0.1, -0.05) is 59.1 Å². The number of rotatable bonds is 14. The first-order chi connectivity index (χ1) is 30.0. The molecule has 4 aliphatic heterocycles. The Balaban J connectivity index is 0.937. The van der Waals surface area contributed by atoms with Crippen LogP contribution in [0.4, 0.5) is 0 Å². The second-order valence-electron chi connectivity index (χ2n) is 20.0. The Morgan fingerprint density at radius 3 is 2.55 bits per heavy atom. The first-order valence-corrected chi connectivity index (χ1v) is 27.5. The largest absolute Gasteiger partial charge is 0.498 e. The van der Waals surface area contributed by atoms with Crippen LogP contribution in [0.15, 0.2) is 58.6 Å². The fourth-order valence-electron chi connectivity index (χ4n) is 12.0. The van der Waals surface area contributed by atoms with E-state index in [0.29, 0.717) is 56.3 Å². The van der Waals surface area contributed by atoms with Gasteiger partial charge in [0, 0.05) is 85.3 Å². The lowest BCUT2D eigenvalue weighted by atomic mass is 9.83. The van der Waals surface area contributed by atoms with Crippen LogP contribution >= 0.6 is 33.3 Å². The maximum atomic E-state index is 14.2. The van der Waals surface area contributed by atoms with Crippen LogP contribution in [0.2, 0.25) is 0 Å². The van der Waals surface area contributed by atoms with Gasteiger partial charge >= 0.3 is 0 Å². The minimum atomic E-state index is -0.249. The maximum absolute atomic E-state index is 14.2. The minimum absolute atomic E-state index is 0.0219. The van der Waals surface area contributed by atoms with E-state index in [4.69, 9.17) is 18.9 Å². The highest BCUT2D eigenvalue weighted by Gasteiger charge is 2.49. The van der Waals surface area contributed by atoms with E-state index in [9.17, 15) is 9.59 Å². The Labute approximate surface area is 384 Å². The van der Waals surface area contributed by atoms with Gasteiger partial charge in [0.15, 0.2) is 5.76 Å². The van der Waals surface area contributed by atoms with Gasteiger partial charge in [-0.3, -0.25) is 9.59 Å². The first-order valence-electron chi connectivity index (χ1n) is 23.8. The molecule has 9 atom stereocenters. The molecule has 0 aromatic carbocycles. The molecule has 0 radical (unpaired) electrons. The van der Waals surface area contributed by atoms with Gasteiger partial charge in [-0.05, 0) is 107 Å². The molecule has 0 aromatic heterocycles. The summed E-state index contributed by atoms with van der Waals surface area (Å²) in [5.41, 5.74) is 3.52. The molecule has 8 rings (SSSR count). The van der Waals surface area contributed by atoms with Gasteiger partial charge in [0.2, 0.25) is 11.8 Å². The molecule has 13 heteroatoms. The highest BCUT2D eigenvalue weighted by molar-refractivity contribution is 8.77. The van der Waals surface area contributed by atoms with Crippen molar-refractivity contribution in [2.24, 2.45) is 29.6 Å². The Bertz CT molecular complexity index is 1780. The van der Waals surface area contributed by atoms with Gasteiger partial charge in [0.25, 0.3) is 0 Å². The third-order valence-corrected chi connectivity index (χ3v) is 19.4. The molecule has 5 fully saturated rings. The Morgan fingerprint density at radius 2 is 1.73 bits per heavy atom. The highest BCUT2D eigenvalue weighted by atomic mass is 33.1. The zero-order valence-electron chi connectivity index (χ0n) is 38.2. The lowest BCUT2D eigenvalue weighted by Crippen LogP contribution is -2.46. The summed E-state index contributed by atoms with van der Waals surface area (Å²) >= 11 is 2.04. The predicted octanol–water partition coefficient (Wildman–Crippen LogP) is 8.98. The van der Waals surface area contributed by atoms with Gasteiger partial charge in [0.1, 0.15) is 23.9 Å². The smallest absolute Gasteiger partial charge is 0.232 e. The van der Waals surface area contributed by atoms with E-state index >= 15 is 0 Å². The van der Waals surface area contributed by atoms with E-state index in [1.165, 1.54) is 30.4 Å². The number of methoxy groups -OCH3 is 2. The molecule has 1 saturated carbocycles. The van der Waals surface area contributed by atoms with Gasteiger partial charge in [-0.2, -0.15) is 11.8 Å². The summed E-state index contributed by atoms with van der Waals surface area (Å²) in [6.45, 7) is 12.5. The fraction of sp³-hybridized carbons (Fsp3) is 0.755. The molecule has 8 aliphatic rings. The Kier molecular flexibility index (Phi) is 15.5. The summed E-state index contributed by atoms with van der Waals surface area (Å²) < 4.78 is 25.7. The van der Waals surface area contributed by atoms with Crippen LogP contribution in [0.25, 0.3) is 0 Å². The molecule has 62 heavy (non-hydrogen) atoms. The van der Waals surface area contributed by atoms with E-state index in [0.717, 1.165) is 118 Å². The summed E-state index contributed by atoms with van der Waals surface area (Å²) in [4.78, 5) is 32.9. The van der Waals surface area contributed by atoms with Crippen molar-refractivity contribution in [2.75, 3.05) is 64.8 Å². The SMILES string of the molecule is C=C1CCCCCN2C(=O)C3CC(OC)=C(OCC4CC(COC5=C(OC)CC6C(=O)N7C8CCCCC8C[C@H]7CNC6=C5)=CC(CSCC(C)(C)SSC)C4)CC3NC[C@@H]2C1. The van der Waals surface area contributed by atoms with Gasteiger partial charge in [0.05, 0.1) is 32.7 Å².